The van der Waals surface area contributed by atoms with Crippen molar-refractivity contribution in [2.45, 2.75) is 42.5 Å². The number of sulfone groups is 1. The summed E-state index contributed by atoms with van der Waals surface area (Å²) < 4.78 is 119. The van der Waals surface area contributed by atoms with E-state index in [2.05, 4.69) is 20.0 Å². The number of allylic oxidation sites excluding steroid dienone is 2. The number of halogens is 6. The molecule has 5 rings (SSSR count). The van der Waals surface area contributed by atoms with Crippen LogP contribution in [0.2, 0.25) is 0 Å². The van der Waals surface area contributed by atoms with Gasteiger partial charge in [0.25, 0.3) is 5.92 Å². The summed E-state index contributed by atoms with van der Waals surface area (Å²) in [6.07, 6.45) is 3.49. The van der Waals surface area contributed by atoms with Gasteiger partial charge in [0.05, 0.1) is 29.1 Å². The Balaban J connectivity index is 1.73. The first-order chi connectivity index (χ1) is 21.4. The van der Waals surface area contributed by atoms with E-state index in [-0.39, 0.29) is 34.3 Å². The number of rotatable bonds is 9. The van der Waals surface area contributed by atoms with Gasteiger partial charge in [-0.05, 0) is 61.0 Å². The van der Waals surface area contributed by atoms with Crippen LogP contribution in [0.1, 0.15) is 29.9 Å². The molecule has 2 atom stereocenters. The van der Waals surface area contributed by atoms with Gasteiger partial charge < -0.3 is 14.0 Å². The summed E-state index contributed by atoms with van der Waals surface area (Å²) in [6.45, 7) is 2.08. The third-order valence-corrected chi connectivity index (χ3v) is 8.45. The number of methoxy groups -OCH3 is 1. The van der Waals surface area contributed by atoms with E-state index in [1.807, 2.05) is 0 Å². The number of benzene rings is 2. The van der Waals surface area contributed by atoms with E-state index in [1.165, 1.54) is 59.9 Å². The fourth-order valence-electron chi connectivity index (χ4n) is 5.31. The van der Waals surface area contributed by atoms with Crippen LogP contribution in [-0.4, -0.2) is 59.3 Å². The predicted molar refractivity (Wildman–Crippen MR) is 154 cm³/mol. The summed E-state index contributed by atoms with van der Waals surface area (Å²) in [5.41, 5.74) is -0.751. The van der Waals surface area contributed by atoms with E-state index in [0.717, 1.165) is 24.5 Å². The van der Waals surface area contributed by atoms with Crippen LogP contribution < -0.4 is 4.74 Å². The Bertz CT molecular complexity index is 1930. The van der Waals surface area contributed by atoms with Crippen molar-refractivity contribution in [1.82, 2.24) is 24.5 Å². The average molecular weight is 668 g/mol. The molecular weight excluding hydrogens is 640 g/mol. The highest BCUT2D eigenvalue weighted by Crippen LogP contribution is 2.43. The van der Waals surface area contributed by atoms with Gasteiger partial charge in [0.2, 0.25) is 0 Å². The number of imidazole rings is 1. The van der Waals surface area contributed by atoms with Crippen LogP contribution in [0.15, 0.2) is 78.0 Å². The largest absolute Gasteiger partial charge is 0.573 e. The van der Waals surface area contributed by atoms with Gasteiger partial charge in [-0.15, -0.1) is 18.3 Å². The monoisotopic (exact) mass is 667 g/mol. The van der Waals surface area contributed by atoms with E-state index in [1.54, 1.807) is 18.2 Å². The molecule has 2 heterocycles. The van der Waals surface area contributed by atoms with Crippen LogP contribution in [0, 0.1) is 12.7 Å². The number of ether oxygens (including phenoxy) is 2. The maximum atomic E-state index is 14.7. The standard InChI is InChI=1S/C30H27F6N5O4S/c1-18-38-26(28(2,32)33)16-40(18)29(17-44-3)10-9-20(21-11-22(31)14-24(12-21)46(4,42)43)13-27(29)41-25(15-37-39-41)19-5-7-23(8-6-19)45-30(34,35)36/h5-16,20H,17H2,1-4H3. The van der Waals surface area contributed by atoms with Gasteiger partial charge in [-0.25, -0.2) is 22.5 Å². The number of nitrogens with zero attached hydrogens (tertiary/aromatic N) is 5. The minimum absolute atomic E-state index is 0.149. The molecule has 0 N–H and O–H groups in total. The summed E-state index contributed by atoms with van der Waals surface area (Å²) in [6, 6.07) is 8.31. The number of hydrogen-bond donors (Lipinski definition) is 0. The highest BCUT2D eigenvalue weighted by Gasteiger charge is 2.43. The number of aryl methyl sites for hydroxylation is 1. The van der Waals surface area contributed by atoms with Crippen molar-refractivity contribution in [1.29, 1.82) is 0 Å². The highest BCUT2D eigenvalue weighted by molar-refractivity contribution is 7.90. The van der Waals surface area contributed by atoms with E-state index < -0.39 is 50.8 Å². The Morgan fingerprint density at radius 2 is 1.76 bits per heavy atom. The van der Waals surface area contributed by atoms with Crippen molar-refractivity contribution in [2.75, 3.05) is 20.0 Å². The fourth-order valence-corrected chi connectivity index (χ4v) is 5.99. The van der Waals surface area contributed by atoms with Crippen molar-refractivity contribution in [3.8, 4) is 17.0 Å². The molecular formula is C30H27F6N5O4S. The molecule has 9 nitrogen and oxygen atoms in total. The lowest BCUT2D eigenvalue weighted by atomic mass is 9.83. The zero-order valence-corrected chi connectivity index (χ0v) is 25.6. The maximum absolute atomic E-state index is 14.7. The second kappa shape index (κ2) is 11.7. The normalized spacial score (nSPS) is 18.9. The Kier molecular flexibility index (Phi) is 8.40. The van der Waals surface area contributed by atoms with Crippen LogP contribution in [0.4, 0.5) is 26.3 Å². The predicted octanol–water partition coefficient (Wildman–Crippen LogP) is 6.24. The second-order valence-electron chi connectivity index (χ2n) is 10.8. The van der Waals surface area contributed by atoms with E-state index in [0.29, 0.717) is 12.5 Å². The average Bonchev–Trinajstić information content (AvgIpc) is 3.59. The third-order valence-electron chi connectivity index (χ3n) is 7.35. The molecule has 0 bridgehead atoms. The second-order valence-corrected chi connectivity index (χ2v) is 12.8. The van der Waals surface area contributed by atoms with Crippen LogP contribution >= 0.6 is 0 Å². The summed E-state index contributed by atoms with van der Waals surface area (Å²) in [4.78, 5) is 3.83. The minimum atomic E-state index is -4.90. The van der Waals surface area contributed by atoms with Gasteiger partial charge in [0.1, 0.15) is 28.6 Å². The summed E-state index contributed by atoms with van der Waals surface area (Å²) in [7, 11) is -2.39. The van der Waals surface area contributed by atoms with Crippen molar-refractivity contribution in [2.24, 2.45) is 0 Å². The molecule has 0 aliphatic heterocycles. The third kappa shape index (κ3) is 6.58. The molecule has 0 amide bonds. The molecule has 0 radical (unpaired) electrons. The lowest BCUT2D eigenvalue weighted by molar-refractivity contribution is -0.274. The summed E-state index contributed by atoms with van der Waals surface area (Å²) in [5.74, 6) is -5.12. The van der Waals surface area contributed by atoms with Gasteiger partial charge in [0.15, 0.2) is 9.84 Å². The maximum Gasteiger partial charge on any atom is 0.573 e. The van der Waals surface area contributed by atoms with Crippen molar-refractivity contribution < 1.29 is 44.2 Å². The molecule has 1 aliphatic rings. The highest BCUT2D eigenvalue weighted by atomic mass is 32.2. The number of hydrogen-bond acceptors (Lipinski definition) is 7. The van der Waals surface area contributed by atoms with Gasteiger partial charge >= 0.3 is 6.36 Å². The molecule has 2 unspecified atom stereocenters. The molecule has 1 aliphatic carbocycles. The van der Waals surface area contributed by atoms with Gasteiger partial charge in [-0.3, -0.25) is 0 Å². The van der Waals surface area contributed by atoms with E-state index in [9.17, 15) is 34.8 Å². The summed E-state index contributed by atoms with van der Waals surface area (Å²) in [5, 5.41) is 8.25. The first-order valence-corrected chi connectivity index (χ1v) is 15.4. The zero-order chi connectivity index (χ0) is 33.7. The van der Waals surface area contributed by atoms with Crippen LogP contribution in [-0.2, 0) is 26.0 Å². The zero-order valence-electron chi connectivity index (χ0n) is 24.8. The Morgan fingerprint density at radius 3 is 2.35 bits per heavy atom. The molecule has 0 fully saturated rings. The van der Waals surface area contributed by atoms with Crippen LogP contribution in [0.3, 0.4) is 0 Å². The van der Waals surface area contributed by atoms with Crippen LogP contribution in [0.5, 0.6) is 5.75 Å². The molecule has 16 heteroatoms. The van der Waals surface area contributed by atoms with Crippen LogP contribution in [0.25, 0.3) is 17.0 Å². The summed E-state index contributed by atoms with van der Waals surface area (Å²) >= 11 is 0. The molecule has 0 saturated carbocycles. The lowest BCUT2D eigenvalue weighted by Gasteiger charge is -2.38. The molecule has 244 valence electrons. The van der Waals surface area contributed by atoms with Gasteiger partial charge in [-0.1, -0.05) is 17.4 Å². The quantitative estimate of drug-likeness (QED) is 0.154. The SMILES string of the molecule is COCC1(n2cc(C(C)(F)F)nc2C)C=CC(c2cc(F)cc(S(C)(=O)=O)c2)C=C1n1nncc1-c1ccc(OC(F)(F)F)cc1. The molecule has 0 spiro atoms. The minimum Gasteiger partial charge on any atom is -0.406 e. The van der Waals surface area contributed by atoms with E-state index in [4.69, 9.17) is 4.74 Å². The Morgan fingerprint density at radius 1 is 1.07 bits per heavy atom. The molecule has 2 aromatic carbocycles. The van der Waals surface area contributed by atoms with E-state index >= 15 is 0 Å². The van der Waals surface area contributed by atoms with Gasteiger partial charge in [0, 0.05) is 38.0 Å². The topological polar surface area (TPSA) is 101 Å². The first-order valence-electron chi connectivity index (χ1n) is 13.5. The van der Waals surface area contributed by atoms with Crippen molar-refractivity contribution >= 4 is 15.5 Å². The number of aromatic nitrogens is 5. The van der Waals surface area contributed by atoms with Gasteiger partial charge in [-0.2, -0.15) is 8.78 Å². The molecule has 2 aromatic heterocycles. The molecule has 4 aromatic rings. The lowest BCUT2D eigenvalue weighted by Crippen LogP contribution is -2.42. The Hall–Kier alpha value is -4.44. The molecule has 46 heavy (non-hydrogen) atoms. The number of alkyl halides is 5. The van der Waals surface area contributed by atoms with Crippen molar-refractivity contribution in [3.63, 3.8) is 0 Å². The Labute approximate surface area is 259 Å². The fraction of sp³-hybridized carbons (Fsp3) is 0.300. The first kappa shape index (κ1) is 32.9. The molecule has 0 saturated heterocycles. The smallest absolute Gasteiger partial charge is 0.406 e. The van der Waals surface area contributed by atoms with Crippen molar-refractivity contribution in [3.05, 3.63) is 96.0 Å².